The van der Waals surface area contributed by atoms with Crippen LogP contribution in [0, 0.1) is 28.2 Å². The smallest absolute Gasteiger partial charge is 0.254 e. The second-order valence-corrected chi connectivity index (χ2v) is 13.5. The van der Waals surface area contributed by atoms with Crippen LogP contribution in [0.1, 0.15) is 29.9 Å². The summed E-state index contributed by atoms with van der Waals surface area (Å²) < 4.78 is 0.966. The molecule has 2 aromatic carbocycles. The Morgan fingerprint density at radius 1 is 1.03 bits per heavy atom. The van der Waals surface area contributed by atoms with E-state index in [0.29, 0.717) is 22.4 Å². The lowest BCUT2D eigenvalue weighted by molar-refractivity contribution is -0.138. The number of alkyl halides is 3. The second-order valence-electron chi connectivity index (χ2n) is 10.5. The lowest BCUT2D eigenvalue weighted by Crippen LogP contribution is -2.60. The monoisotopic (exact) mass is 742 g/mol. The number of likely N-dealkylation sites (tertiary alicyclic amines) is 1. The van der Waals surface area contributed by atoms with Gasteiger partial charge in [-0.15, -0.1) is 23.2 Å². The van der Waals surface area contributed by atoms with Gasteiger partial charge in [-0.1, -0.05) is 45.8 Å². The molecule has 2 heterocycles. The van der Waals surface area contributed by atoms with E-state index < -0.39 is 45.2 Å². The van der Waals surface area contributed by atoms with Crippen molar-refractivity contribution in [1.29, 1.82) is 0 Å². The van der Waals surface area contributed by atoms with Gasteiger partial charge in [0.1, 0.15) is 5.75 Å². The summed E-state index contributed by atoms with van der Waals surface area (Å²) in [7, 11) is 0. The van der Waals surface area contributed by atoms with Gasteiger partial charge in [-0.2, -0.15) is 0 Å². The Bertz CT molecular complexity index is 1500. The number of carbonyl (C=O) groups excluding carboxylic acids is 4. The number of aryl methyl sites for hydroxylation is 1. The molecule has 4 aliphatic rings. The van der Waals surface area contributed by atoms with E-state index >= 15 is 0 Å². The largest absolute Gasteiger partial charge is 0.507 e. The van der Waals surface area contributed by atoms with E-state index in [1.54, 1.807) is 37.3 Å². The molecule has 11 heteroatoms. The molecule has 6 atom stereocenters. The normalized spacial score (nSPS) is 33.7. The van der Waals surface area contributed by atoms with E-state index in [4.69, 9.17) is 23.2 Å². The van der Waals surface area contributed by atoms with E-state index in [1.807, 2.05) is 18.2 Å². The first-order valence-corrected chi connectivity index (χ1v) is 15.3. The topological polar surface area (TPSA) is 95.0 Å². The number of halogens is 4. The van der Waals surface area contributed by atoms with Crippen LogP contribution >= 0.6 is 61.7 Å². The number of hydrogen-bond acceptors (Lipinski definition) is 5. The fraction of sp³-hybridized carbons (Fsp3) is 0.357. The number of carbonyl (C=O) groups is 4. The predicted octanol–water partition coefficient (Wildman–Crippen LogP) is 5.22. The van der Waals surface area contributed by atoms with Crippen molar-refractivity contribution in [1.82, 2.24) is 4.90 Å². The Balaban J connectivity index is 1.53. The number of aromatic hydroxyl groups is 1. The van der Waals surface area contributed by atoms with Crippen LogP contribution in [0.3, 0.4) is 0 Å². The van der Waals surface area contributed by atoms with Crippen LogP contribution in [-0.4, -0.2) is 48.8 Å². The van der Waals surface area contributed by atoms with Crippen LogP contribution in [0.2, 0.25) is 0 Å². The van der Waals surface area contributed by atoms with Gasteiger partial charge in [0, 0.05) is 15.1 Å². The van der Waals surface area contributed by atoms with Crippen LogP contribution in [0.15, 0.2) is 54.1 Å². The zero-order valence-electron chi connectivity index (χ0n) is 20.5. The van der Waals surface area contributed by atoms with Gasteiger partial charge < -0.3 is 5.11 Å². The first-order valence-electron chi connectivity index (χ1n) is 12.4. The zero-order chi connectivity index (χ0) is 28.0. The maximum atomic E-state index is 14.0. The molecule has 0 aromatic heterocycles. The standard InChI is InChI=1S/C28H22BrCl2IN2O5/c1-13-3-2-4-18(22(13)35)21-16-9-10-17-20(24(37)34(23(17)36)15-7-5-14(32)6-8-15)19(16)11-27(30)25(38)33(12-29)26(39)28(21,27)31/h2-9,17,19-21,35H,10-12H2,1H3/t17-,19+,20-,21+,27+,28-/m0/s1. The molecule has 3 fully saturated rings. The van der Waals surface area contributed by atoms with Gasteiger partial charge in [-0.05, 0) is 78.1 Å². The van der Waals surface area contributed by atoms with E-state index in [-0.39, 0.29) is 35.9 Å². The van der Waals surface area contributed by atoms with Crippen LogP contribution in [-0.2, 0) is 19.2 Å². The van der Waals surface area contributed by atoms with Crippen molar-refractivity contribution in [3.8, 4) is 5.75 Å². The van der Waals surface area contributed by atoms with Crippen molar-refractivity contribution >= 4 is 91.0 Å². The minimum absolute atomic E-state index is 0.0582. The summed E-state index contributed by atoms with van der Waals surface area (Å²) in [4.78, 5) is 53.4. The predicted molar refractivity (Wildman–Crippen MR) is 158 cm³/mol. The minimum atomic E-state index is -1.94. The molecule has 4 amide bonds. The van der Waals surface area contributed by atoms with Crippen molar-refractivity contribution in [3.63, 3.8) is 0 Å². The number of fused-ring (bicyclic) bond motifs is 4. The summed E-state index contributed by atoms with van der Waals surface area (Å²) in [5, 5.41) is 11.2. The Morgan fingerprint density at radius 2 is 1.72 bits per heavy atom. The molecular formula is C28H22BrCl2IN2O5. The molecule has 0 bridgehead atoms. The van der Waals surface area contributed by atoms with Crippen LogP contribution in [0.4, 0.5) is 5.69 Å². The van der Waals surface area contributed by atoms with E-state index in [1.165, 1.54) is 4.90 Å². The molecule has 0 radical (unpaired) electrons. The summed E-state index contributed by atoms with van der Waals surface area (Å²) >= 11 is 19.8. The van der Waals surface area contributed by atoms with Crippen molar-refractivity contribution < 1.29 is 24.3 Å². The molecule has 2 aliphatic carbocycles. The van der Waals surface area contributed by atoms with Gasteiger partial charge in [-0.3, -0.25) is 29.0 Å². The fourth-order valence-electron chi connectivity index (χ4n) is 6.86. The molecule has 2 saturated heterocycles. The van der Waals surface area contributed by atoms with Crippen LogP contribution < -0.4 is 4.90 Å². The SMILES string of the molecule is Cc1cccc([C@H]2C3=CC[C@@H]4C(=O)N(c5ccc(I)cc5)C(=O)[C@@H]4[C@@H]3C[C@@]3(Cl)C(=O)N(CBr)C(=O)[C@@]23Cl)c1O. The van der Waals surface area contributed by atoms with Gasteiger partial charge >= 0.3 is 0 Å². The third kappa shape index (κ3) is 3.51. The average molecular weight is 744 g/mol. The molecule has 0 unspecified atom stereocenters. The maximum absolute atomic E-state index is 14.0. The molecule has 0 spiro atoms. The maximum Gasteiger partial charge on any atom is 0.254 e. The highest BCUT2D eigenvalue weighted by Crippen LogP contribution is 2.66. The Kier molecular flexibility index (Phi) is 6.49. The summed E-state index contributed by atoms with van der Waals surface area (Å²) in [6.07, 6.45) is 2.02. The first-order chi connectivity index (χ1) is 18.5. The minimum Gasteiger partial charge on any atom is -0.507 e. The van der Waals surface area contributed by atoms with Crippen molar-refractivity contribution in [3.05, 3.63) is 68.8 Å². The molecule has 7 nitrogen and oxygen atoms in total. The number of nitrogens with zero attached hydrogens (tertiary/aromatic N) is 2. The molecule has 6 rings (SSSR count). The Hall–Kier alpha value is -1.95. The molecule has 2 aliphatic heterocycles. The Morgan fingerprint density at radius 3 is 2.38 bits per heavy atom. The molecule has 1 saturated carbocycles. The number of hydrogen-bond donors (Lipinski definition) is 1. The second kappa shape index (κ2) is 9.29. The number of imide groups is 2. The summed E-state index contributed by atoms with van der Waals surface area (Å²) in [5.41, 5.74) is 1.94. The lowest BCUT2D eigenvalue weighted by Gasteiger charge is -2.50. The fourth-order valence-corrected chi connectivity index (χ4v) is 8.63. The average Bonchev–Trinajstić information content (AvgIpc) is 3.24. The number of rotatable bonds is 3. The summed E-state index contributed by atoms with van der Waals surface area (Å²) in [5.74, 6) is -5.12. The van der Waals surface area contributed by atoms with Gasteiger partial charge in [0.05, 0.1) is 23.0 Å². The van der Waals surface area contributed by atoms with E-state index in [9.17, 15) is 24.3 Å². The van der Waals surface area contributed by atoms with Crippen molar-refractivity contribution in [2.45, 2.75) is 35.4 Å². The number of anilines is 1. The molecule has 39 heavy (non-hydrogen) atoms. The number of phenols is 1. The first kappa shape index (κ1) is 27.2. The molecular weight excluding hydrogens is 722 g/mol. The van der Waals surface area contributed by atoms with Gasteiger partial charge in [0.2, 0.25) is 11.8 Å². The number of amides is 4. The Labute approximate surface area is 256 Å². The quantitative estimate of drug-likeness (QED) is 0.153. The molecule has 1 N–H and O–H groups in total. The van der Waals surface area contributed by atoms with Crippen molar-refractivity contribution in [2.75, 3.05) is 10.4 Å². The summed E-state index contributed by atoms with van der Waals surface area (Å²) in [6, 6.07) is 12.2. The summed E-state index contributed by atoms with van der Waals surface area (Å²) in [6.45, 7) is 1.73. The third-order valence-corrected chi connectivity index (χ3v) is 11.3. The highest BCUT2D eigenvalue weighted by atomic mass is 127. The number of para-hydroxylation sites is 1. The highest BCUT2D eigenvalue weighted by Gasteiger charge is 2.76. The van der Waals surface area contributed by atoms with Crippen molar-refractivity contribution in [2.24, 2.45) is 17.8 Å². The number of allylic oxidation sites excluding steroid dienone is 2. The van der Waals surface area contributed by atoms with Crippen LogP contribution in [0.25, 0.3) is 0 Å². The third-order valence-electron chi connectivity index (χ3n) is 8.68. The van der Waals surface area contributed by atoms with E-state index in [0.717, 1.165) is 8.47 Å². The molecule has 202 valence electrons. The number of benzene rings is 2. The molecule has 2 aromatic rings. The van der Waals surface area contributed by atoms with Crippen LogP contribution in [0.5, 0.6) is 5.75 Å². The van der Waals surface area contributed by atoms with Gasteiger partial charge in [-0.25, -0.2) is 0 Å². The van der Waals surface area contributed by atoms with E-state index in [2.05, 4.69) is 38.5 Å². The lowest BCUT2D eigenvalue weighted by atomic mass is 9.56. The number of phenolic OH excluding ortho intramolecular Hbond substituents is 1. The van der Waals surface area contributed by atoms with Gasteiger partial charge in [0.15, 0.2) is 9.75 Å². The van der Waals surface area contributed by atoms with Gasteiger partial charge in [0.25, 0.3) is 11.8 Å². The highest BCUT2D eigenvalue weighted by molar-refractivity contribution is 14.1. The zero-order valence-corrected chi connectivity index (χ0v) is 25.8.